The first kappa shape index (κ1) is 15.5. The molecule has 0 spiro atoms. The van der Waals surface area contributed by atoms with Crippen molar-refractivity contribution >= 4 is 5.97 Å². The van der Waals surface area contributed by atoms with E-state index in [4.69, 9.17) is 9.47 Å². The summed E-state index contributed by atoms with van der Waals surface area (Å²) in [6.45, 7) is 0.241. The van der Waals surface area contributed by atoms with Gasteiger partial charge in [0.05, 0.1) is 0 Å². The van der Waals surface area contributed by atoms with Gasteiger partial charge in [0, 0.05) is 5.92 Å². The van der Waals surface area contributed by atoms with Gasteiger partial charge in [-0.25, -0.2) is 4.79 Å². The van der Waals surface area contributed by atoms with Crippen LogP contribution < -0.4 is 4.74 Å². The minimum atomic E-state index is -0.356. The summed E-state index contributed by atoms with van der Waals surface area (Å²) in [4.78, 5) is 12.0. The van der Waals surface area contributed by atoms with E-state index in [9.17, 15) is 4.79 Å². The minimum Gasteiger partial charge on any atom is -0.482 e. The lowest BCUT2D eigenvalue weighted by Gasteiger charge is -2.14. The highest BCUT2D eigenvalue weighted by molar-refractivity contribution is 5.79. The third-order valence-electron chi connectivity index (χ3n) is 4.47. The molecule has 3 aromatic carbocycles. The molecule has 0 N–H and O–H groups in total. The summed E-state index contributed by atoms with van der Waals surface area (Å²) in [5.41, 5.74) is 4.86. The van der Waals surface area contributed by atoms with Crippen LogP contribution in [-0.4, -0.2) is 19.2 Å². The Balaban J connectivity index is 1.43. The van der Waals surface area contributed by atoms with Gasteiger partial charge in [0.25, 0.3) is 0 Å². The van der Waals surface area contributed by atoms with E-state index in [0.29, 0.717) is 12.4 Å². The maximum atomic E-state index is 12.0. The number of esters is 1. The van der Waals surface area contributed by atoms with Crippen LogP contribution in [0.15, 0.2) is 78.9 Å². The van der Waals surface area contributed by atoms with E-state index in [0.717, 1.165) is 0 Å². The average Bonchev–Trinajstić information content (AvgIpc) is 2.99. The van der Waals surface area contributed by atoms with Crippen molar-refractivity contribution in [1.29, 1.82) is 0 Å². The number of carbonyl (C=O) groups excluding carboxylic acids is 1. The number of rotatable bonds is 5. The summed E-state index contributed by atoms with van der Waals surface area (Å²) < 4.78 is 10.9. The molecule has 0 aliphatic heterocycles. The standard InChI is InChI=1S/C22H18O3/c23-22(15-24-16-8-2-1-3-9-16)25-14-21-19-12-6-4-10-17(19)18-11-5-7-13-20(18)21/h1-13,21H,14-15H2. The fraction of sp³-hybridized carbons (Fsp3) is 0.136. The number of para-hydroxylation sites is 1. The van der Waals surface area contributed by atoms with Crippen LogP contribution in [0.1, 0.15) is 17.0 Å². The molecule has 4 rings (SSSR count). The number of carbonyl (C=O) groups is 1. The maximum Gasteiger partial charge on any atom is 0.344 e. The van der Waals surface area contributed by atoms with Crippen LogP contribution in [0, 0.1) is 0 Å². The maximum absolute atomic E-state index is 12.0. The normalized spacial score (nSPS) is 12.3. The molecule has 0 unspecified atom stereocenters. The predicted molar refractivity (Wildman–Crippen MR) is 96.6 cm³/mol. The van der Waals surface area contributed by atoms with E-state index in [1.54, 1.807) is 0 Å². The van der Waals surface area contributed by atoms with Crippen LogP contribution in [0.3, 0.4) is 0 Å². The summed E-state index contributed by atoms with van der Waals surface area (Å²) in [7, 11) is 0. The fourth-order valence-corrected chi connectivity index (χ4v) is 3.32. The number of hydrogen-bond donors (Lipinski definition) is 0. The number of hydrogen-bond acceptors (Lipinski definition) is 3. The molecule has 0 bridgehead atoms. The van der Waals surface area contributed by atoms with Gasteiger partial charge in [-0.3, -0.25) is 0 Å². The molecule has 3 aromatic rings. The quantitative estimate of drug-likeness (QED) is 0.650. The van der Waals surface area contributed by atoms with E-state index in [2.05, 4.69) is 24.3 Å². The van der Waals surface area contributed by atoms with Crippen molar-refractivity contribution in [3.05, 3.63) is 90.0 Å². The van der Waals surface area contributed by atoms with Crippen molar-refractivity contribution in [1.82, 2.24) is 0 Å². The molecule has 1 aliphatic carbocycles. The lowest BCUT2D eigenvalue weighted by Crippen LogP contribution is -2.18. The second-order valence-corrected chi connectivity index (χ2v) is 6.01. The molecule has 3 nitrogen and oxygen atoms in total. The Morgan fingerprint density at radius 3 is 1.96 bits per heavy atom. The second kappa shape index (κ2) is 6.81. The first-order valence-corrected chi connectivity index (χ1v) is 8.34. The van der Waals surface area contributed by atoms with Gasteiger partial charge in [0.2, 0.25) is 0 Å². The summed E-state index contributed by atoms with van der Waals surface area (Å²) in [5, 5.41) is 0. The molecule has 0 radical (unpaired) electrons. The molecule has 0 aromatic heterocycles. The summed E-state index contributed by atoms with van der Waals surface area (Å²) in [6.07, 6.45) is 0. The van der Waals surface area contributed by atoms with Gasteiger partial charge in [-0.15, -0.1) is 0 Å². The lowest BCUT2D eigenvalue weighted by molar-refractivity contribution is -0.146. The van der Waals surface area contributed by atoms with E-state index in [1.807, 2.05) is 54.6 Å². The van der Waals surface area contributed by atoms with Crippen LogP contribution in [0.5, 0.6) is 5.75 Å². The van der Waals surface area contributed by atoms with E-state index >= 15 is 0 Å². The first-order valence-electron chi connectivity index (χ1n) is 8.34. The Labute approximate surface area is 146 Å². The summed E-state index contributed by atoms with van der Waals surface area (Å²) in [5.74, 6) is 0.384. The average molecular weight is 330 g/mol. The largest absolute Gasteiger partial charge is 0.482 e. The summed E-state index contributed by atoms with van der Waals surface area (Å²) in [6, 6.07) is 25.9. The van der Waals surface area contributed by atoms with Gasteiger partial charge in [-0.2, -0.15) is 0 Å². The fourth-order valence-electron chi connectivity index (χ4n) is 3.32. The van der Waals surface area contributed by atoms with Gasteiger partial charge in [0.1, 0.15) is 12.4 Å². The Hall–Kier alpha value is -3.07. The van der Waals surface area contributed by atoms with Crippen molar-refractivity contribution in [2.45, 2.75) is 5.92 Å². The topological polar surface area (TPSA) is 35.5 Å². The smallest absolute Gasteiger partial charge is 0.344 e. The van der Waals surface area contributed by atoms with Gasteiger partial charge >= 0.3 is 5.97 Å². The Bertz CT molecular complexity index is 841. The number of benzene rings is 3. The SMILES string of the molecule is O=C(COc1ccccc1)OCC1c2ccccc2-c2ccccc21. The van der Waals surface area contributed by atoms with Crippen LogP contribution in [0.25, 0.3) is 11.1 Å². The zero-order valence-electron chi connectivity index (χ0n) is 13.7. The lowest BCUT2D eigenvalue weighted by atomic mass is 9.98. The highest BCUT2D eigenvalue weighted by atomic mass is 16.6. The van der Waals surface area contributed by atoms with Crippen molar-refractivity contribution in [2.75, 3.05) is 13.2 Å². The van der Waals surface area contributed by atoms with Gasteiger partial charge < -0.3 is 9.47 Å². The Kier molecular flexibility index (Phi) is 4.21. The van der Waals surface area contributed by atoms with E-state index < -0.39 is 0 Å². The van der Waals surface area contributed by atoms with E-state index in [1.165, 1.54) is 22.3 Å². The number of ether oxygens (including phenoxy) is 2. The highest BCUT2D eigenvalue weighted by Crippen LogP contribution is 2.44. The third kappa shape index (κ3) is 3.13. The highest BCUT2D eigenvalue weighted by Gasteiger charge is 2.28. The zero-order chi connectivity index (χ0) is 17.1. The molecule has 25 heavy (non-hydrogen) atoms. The molecular weight excluding hydrogens is 312 g/mol. The van der Waals surface area contributed by atoms with Gasteiger partial charge in [0.15, 0.2) is 6.61 Å². The summed E-state index contributed by atoms with van der Waals surface area (Å²) >= 11 is 0. The van der Waals surface area contributed by atoms with E-state index in [-0.39, 0.29) is 18.5 Å². The molecule has 3 heteroatoms. The molecule has 124 valence electrons. The molecule has 0 heterocycles. The van der Waals surface area contributed by atoms with Gasteiger partial charge in [-0.05, 0) is 34.4 Å². The third-order valence-corrected chi connectivity index (χ3v) is 4.47. The molecule has 0 saturated carbocycles. The van der Waals surface area contributed by atoms with Crippen molar-refractivity contribution in [3.8, 4) is 16.9 Å². The van der Waals surface area contributed by atoms with Gasteiger partial charge in [-0.1, -0.05) is 66.7 Å². The Morgan fingerprint density at radius 2 is 1.32 bits per heavy atom. The monoisotopic (exact) mass is 330 g/mol. The van der Waals surface area contributed by atoms with Crippen LogP contribution in [0.2, 0.25) is 0 Å². The molecule has 0 fully saturated rings. The molecule has 0 amide bonds. The number of fused-ring (bicyclic) bond motifs is 3. The van der Waals surface area contributed by atoms with Crippen LogP contribution >= 0.6 is 0 Å². The Morgan fingerprint density at radius 1 is 0.760 bits per heavy atom. The predicted octanol–water partition coefficient (Wildman–Crippen LogP) is 4.42. The van der Waals surface area contributed by atoms with Crippen LogP contribution in [-0.2, 0) is 9.53 Å². The second-order valence-electron chi connectivity index (χ2n) is 6.01. The van der Waals surface area contributed by atoms with Crippen molar-refractivity contribution < 1.29 is 14.3 Å². The van der Waals surface area contributed by atoms with Crippen LogP contribution in [0.4, 0.5) is 0 Å². The molecular formula is C22H18O3. The molecule has 0 atom stereocenters. The zero-order valence-corrected chi connectivity index (χ0v) is 13.7. The molecule has 0 saturated heterocycles. The van der Waals surface area contributed by atoms with Crippen molar-refractivity contribution in [2.24, 2.45) is 0 Å². The first-order chi connectivity index (χ1) is 12.3. The molecule has 1 aliphatic rings. The minimum absolute atomic E-state index is 0.0769. The van der Waals surface area contributed by atoms with Crippen molar-refractivity contribution in [3.63, 3.8) is 0 Å².